The summed E-state index contributed by atoms with van der Waals surface area (Å²) in [5.74, 6) is 0.394. The van der Waals surface area contributed by atoms with Crippen LogP contribution >= 0.6 is 11.3 Å². The molecule has 0 saturated carbocycles. The van der Waals surface area contributed by atoms with Crippen LogP contribution in [0.4, 0.5) is 4.79 Å². The van der Waals surface area contributed by atoms with Crippen LogP contribution in [0.15, 0.2) is 77.6 Å². The lowest BCUT2D eigenvalue weighted by Crippen LogP contribution is -2.50. The lowest BCUT2D eigenvalue weighted by molar-refractivity contribution is 0.0782. The lowest BCUT2D eigenvalue weighted by Gasteiger charge is -2.35. The SMILES string of the molecule is C=C(C1=CC=C(C)CC1)N(CC(C)C)C[C@@H](O)[C@H](Cc1ccccc1)NC(=O)OCc1cncs1. The van der Waals surface area contributed by atoms with Gasteiger partial charge in [0.2, 0.25) is 0 Å². The van der Waals surface area contributed by atoms with E-state index in [1.165, 1.54) is 22.5 Å². The Balaban J connectivity index is 1.72. The highest BCUT2D eigenvalue weighted by Crippen LogP contribution is 2.26. The average molecular weight is 496 g/mol. The molecule has 1 amide bonds. The summed E-state index contributed by atoms with van der Waals surface area (Å²) >= 11 is 1.43. The maximum Gasteiger partial charge on any atom is 0.407 e. The molecule has 1 aliphatic carbocycles. The predicted octanol–water partition coefficient (Wildman–Crippen LogP) is 5.48. The van der Waals surface area contributed by atoms with Gasteiger partial charge < -0.3 is 20.1 Å². The number of amides is 1. The Kier molecular flexibility index (Phi) is 10.1. The second-order valence-electron chi connectivity index (χ2n) is 9.50. The Labute approximate surface area is 213 Å². The first-order valence-corrected chi connectivity index (χ1v) is 13.0. The van der Waals surface area contributed by atoms with Gasteiger partial charge in [0, 0.05) is 25.0 Å². The fourth-order valence-corrected chi connectivity index (χ4v) is 4.57. The Morgan fingerprint density at radius 2 is 2.00 bits per heavy atom. The minimum absolute atomic E-state index is 0.155. The van der Waals surface area contributed by atoms with Crippen molar-refractivity contribution in [3.8, 4) is 0 Å². The molecule has 35 heavy (non-hydrogen) atoms. The van der Waals surface area contributed by atoms with Gasteiger partial charge in [-0.15, -0.1) is 11.3 Å². The van der Waals surface area contributed by atoms with Crippen molar-refractivity contribution < 1.29 is 14.6 Å². The van der Waals surface area contributed by atoms with E-state index >= 15 is 0 Å². The van der Waals surface area contributed by atoms with E-state index in [4.69, 9.17) is 4.74 Å². The smallest absolute Gasteiger partial charge is 0.407 e. The molecule has 0 radical (unpaired) electrons. The lowest BCUT2D eigenvalue weighted by atomic mass is 9.95. The van der Waals surface area contributed by atoms with Crippen LogP contribution in [0.1, 0.15) is 44.1 Å². The van der Waals surface area contributed by atoms with Crippen LogP contribution in [0.3, 0.4) is 0 Å². The summed E-state index contributed by atoms with van der Waals surface area (Å²) in [6.45, 7) is 12.1. The number of nitrogens with zero attached hydrogens (tertiary/aromatic N) is 2. The molecule has 1 aromatic heterocycles. The van der Waals surface area contributed by atoms with E-state index in [0.717, 1.165) is 35.5 Å². The quantitative estimate of drug-likeness (QED) is 0.408. The van der Waals surface area contributed by atoms with E-state index in [0.29, 0.717) is 18.9 Å². The summed E-state index contributed by atoms with van der Waals surface area (Å²) < 4.78 is 5.39. The summed E-state index contributed by atoms with van der Waals surface area (Å²) in [6.07, 6.45) is 7.05. The summed E-state index contributed by atoms with van der Waals surface area (Å²) in [5, 5.41) is 14.3. The van der Waals surface area contributed by atoms with Crippen molar-refractivity contribution in [3.63, 3.8) is 0 Å². The number of aliphatic hydroxyl groups is 1. The first-order chi connectivity index (χ1) is 16.8. The number of hydrogen-bond donors (Lipinski definition) is 2. The molecule has 1 heterocycles. The Morgan fingerprint density at radius 3 is 2.63 bits per heavy atom. The average Bonchev–Trinajstić information content (AvgIpc) is 3.36. The number of alkyl carbamates (subject to hydrolysis) is 1. The standard InChI is InChI=1S/C28H37N3O3S/c1-20(2)16-31(22(4)24-12-10-21(3)11-13-24)17-27(32)26(14-23-8-6-5-7-9-23)30-28(33)34-18-25-15-29-19-35-25/h5-10,12,15,19-20,26-27,32H,4,11,13-14,16-18H2,1-3H3,(H,30,33)/t26-,27+/m0/s1. The van der Waals surface area contributed by atoms with E-state index in [-0.39, 0.29) is 6.61 Å². The van der Waals surface area contributed by atoms with E-state index < -0.39 is 18.2 Å². The Hall–Kier alpha value is -2.90. The zero-order chi connectivity index (χ0) is 25.2. The molecule has 2 aromatic rings. The topological polar surface area (TPSA) is 74.7 Å². The Bertz CT molecular complexity index is 1020. The number of ether oxygens (including phenoxy) is 1. The predicted molar refractivity (Wildman–Crippen MR) is 142 cm³/mol. The molecule has 1 aliphatic rings. The molecular formula is C28H37N3O3S. The van der Waals surface area contributed by atoms with Crippen LogP contribution in [-0.4, -0.2) is 46.3 Å². The number of carbonyl (C=O) groups is 1. The third-order valence-electron chi connectivity index (χ3n) is 6.00. The molecule has 3 rings (SSSR count). The number of aromatic nitrogens is 1. The van der Waals surface area contributed by atoms with Crippen molar-refractivity contribution >= 4 is 17.4 Å². The molecule has 0 aliphatic heterocycles. The van der Waals surface area contributed by atoms with Crippen LogP contribution in [0.25, 0.3) is 0 Å². The maximum atomic E-state index is 12.6. The third-order valence-corrected chi connectivity index (χ3v) is 6.75. The highest BCUT2D eigenvalue weighted by atomic mass is 32.1. The molecule has 1 aromatic carbocycles. The van der Waals surface area contributed by atoms with Crippen LogP contribution in [0.5, 0.6) is 0 Å². The van der Waals surface area contributed by atoms with Crippen molar-refractivity contribution in [3.05, 3.63) is 88.1 Å². The van der Waals surface area contributed by atoms with Gasteiger partial charge in [0.1, 0.15) is 6.61 Å². The molecular weight excluding hydrogens is 458 g/mol. The summed E-state index contributed by atoms with van der Waals surface area (Å²) in [4.78, 5) is 19.6. The normalized spacial score (nSPS) is 15.1. The van der Waals surface area contributed by atoms with Crippen molar-refractivity contribution in [2.24, 2.45) is 5.92 Å². The van der Waals surface area contributed by atoms with Crippen LogP contribution in [0, 0.1) is 5.92 Å². The van der Waals surface area contributed by atoms with Gasteiger partial charge in [0.05, 0.1) is 22.5 Å². The van der Waals surface area contributed by atoms with Gasteiger partial charge in [0.15, 0.2) is 0 Å². The maximum absolute atomic E-state index is 12.6. The number of carbonyl (C=O) groups excluding carboxylic acids is 1. The molecule has 7 heteroatoms. The molecule has 0 fully saturated rings. The number of benzene rings is 1. The molecule has 0 bridgehead atoms. The molecule has 2 atom stereocenters. The van der Waals surface area contributed by atoms with Crippen molar-refractivity contribution in [2.45, 2.75) is 58.8 Å². The second kappa shape index (κ2) is 13.3. The summed E-state index contributed by atoms with van der Waals surface area (Å²) in [5.41, 5.74) is 6.23. The van der Waals surface area contributed by atoms with Gasteiger partial charge in [-0.1, -0.05) is 68.5 Å². The molecule has 2 N–H and O–H groups in total. The van der Waals surface area contributed by atoms with Gasteiger partial charge in [0.25, 0.3) is 0 Å². The Morgan fingerprint density at radius 1 is 1.23 bits per heavy atom. The third kappa shape index (κ3) is 8.67. The summed E-state index contributed by atoms with van der Waals surface area (Å²) in [6, 6.07) is 9.34. The number of hydrogen-bond acceptors (Lipinski definition) is 6. The first-order valence-electron chi connectivity index (χ1n) is 12.1. The number of nitrogens with one attached hydrogen (secondary N) is 1. The second-order valence-corrected chi connectivity index (χ2v) is 10.5. The zero-order valence-electron chi connectivity index (χ0n) is 20.9. The fourth-order valence-electron chi connectivity index (χ4n) is 4.07. The van der Waals surface area contributed by atoms with Gasteiger partial charge in [-0.05, 0) is 43.2 Å². The first kappa shape index (κ1) is 26.7. The van der Waals surface area contributed by atoms with Crippen LogP contribution in [-0.2, 0) is 17.8 Å². The number of allylic oxidation sites excluding steroid dienone is 4. The van der Waals surface area contributed by atoms with E-state index in [1.54, 1.807) is 11.7 Å². The van der Waals surface area contributed by atoms with Gasteiger partial charge in [-0.3, -0.25) is 4.98 Å². The van der Waals surface area contributed by atoms with Gasteiger partial charge in [-0.25, -0.2) is 4.79 Å². The van der Waals surface area contributed by atoms with Crippen molar-refractivity contribution in [1.82, 2.24) is 15.2 Å². The van der Waals surface area contributed by atoms with Gasteiger partial charge >= 0.3 is 6.09 Å². The molecule has 0 spiro atoms. The van der Waals surface area contributed by atoms with E-state index in [1.807, 2.05) is 30.3 Å². The highest BCUT2D eigenvalue weighted by Gasteiger charge is 2.26. The monoisotopic (exact) mass is 495 g/mol. The fraction of sp³-hybridized carbons (Fsp3) is 0.429. The van der Waals surface area contributed by atoms with Crippen molar-refractivity contribution in [1.29, 1.82) is 0 Å². The van der Waals surface area contributed by atoms with Crippen molar-refractivity contribution in [2.75, 3.05) is 13.1 Å². The minimum Gasteiger partial charge on any atom is -0.444 e. The van der Waals surface area contributed by atoms with Gasteiger partial charge in [-0.2, -0.15) is 0 Å². The minimum atomic E-state index is -0.817. The van der Waals surface area contributed by atoms with Crippen LogP contribution in [0.2, 0.25) is 0 Å². The van der Waals surface area contributed by atoms with Crippen LogP contribution < -0.4 is 5.32 Å². The number of aliphatic hydroxyl groups excluding tert-OH is 1. The van der Waals surface area contributed by atoms with E-state index in [9.17, 15) is 9.90 Å². The molecule has 188 valence electrons. The van der Waals surface area contributed by atoms with E-state index in [2.05, 4.69) is 54.7 Å². The number of rotatable bonds is 12. The molecule has 6 nitrogen and oxygen atoms in total. The summed E-state index contributed by atoms with van der Waals surface area (Å²) in [7, 11) is 0. The highest BCUT2D eigenvalue weighted by molar-refractivity contribution is 7.09. The number of thiazole rings is 1. The molecule has 0 saturated heterocycles. The largest absolute Gasteiger partial charge is 0.444 e. The zero-order valence-corrected chi connectivity index (χ0v) is 21.8. The molecule has 0 unspecified atom stereocenters.